The molecule has 0 amide bonds. The Labute approximate surface area is 45.4 Å². The molecule has 0 aliphatic rings. The molecule has 0 unspecified atom stereocenters. The molecule has 0 saturated heterocycles. The SMILES string of the molecule is C[As]C.[As]. The van der Waals surface area contributed by atoms with Gasteiger partial charge in [-0.25, -0.2) is 0 Å². The molecule has 24 valence electrons. The van der Waals surface area contributed by atoms with Gasteiger partial charge >= 0.3 is 27.2 Å². The Kier molecular flexibility index (Phi) is 19.9. The van der Waals surface area contributed by atoms with E-state index in [2.05, 4.69) is 11.4 Å². The Morgan fingerprint density at radius 1 is 1.25 bits per heavy atom. The summed E-state index contributed by atoms with van der Waals surface area (Å²) in [5.74, 6) is 0. The van der Waals surface area contributed by atoms with E-state index < -0.39 is 0 Å². The molecule has 2 heteroatoms. The Balaban J connectivity index is 0. The summed E-state index contributed by atoms with van der Waals surface area (Å²) in [6, 6.07) is 0. The van der Waals surface area contributed by atoms with Crippen molar-refractivity contribution in [3.8, 4) is 0 Å². The number of hydrogen-bond donors (Lipinski definition) is 0. The summed E-state index contributed by atoms with van der Waals surface area (Å²) in [6.45, 7) is 0. The van der Waals surface area contributed by atoms with E-state index in [-0.39, 0.29) is 18.0 Å². The van der Waals surface area contributed by atoms with Gasteiger partial charge in [-0.3, -0.25) is 0 Å². The van der Waals surface area contributed by atoms with E-state index in [0.717, 1.165) is 0 Å². The molecule has 0 spiro atoms. The average molecular weight is 180 g/mol. The summed E-state index contributed by atoms with van der Waals surface area (Å²) >= 11 is 0.688. The zero-order valence-electron chi connectivity index (χ0n) is 2.89. The van der Waals surface area contributed by atoms with E-state index in [1.807, 2.05) is 0 Å². The molecule has 4 radical (unpaired) electrons. The molecule has 0 saturated carbocycles. The average Bonchev–Trinajstić information content (AvgIpc) is 0.918. The first-order chi connectivity index (χ1) is 1.41. The molecular formula is C2H6As2. The summed E-state index contributed by atoms with van der Waals surface area (Å²) in [5.41, 5.74) is 4.44. The summed E-state index contributed by atoms with van der Waals surface area (Å²) in [6.07, 6.45) is 0. The summed E-state index contributed by atoms with van der Waals surface area (Å²) in [7, 11) is 0. The molecule has 0 aliphatic carbocycles. The van der Waals surface area contributed by atoms with Crippen LogP contribution < -0.4 is 0 Å². The van der Waals surface area contributed by atoms with Gasteiger partial charge in [-0.05, 0) is 0 Å². The minimum absolute atomic E-state index is 0. The standard InChI is InChI=1S/C2H6As.As/c1-3-2;/h1-2H3;. The first kappa shape index (κ1) is 8.93. The van der Waals surface area contributed by atoms with Crippen molar-refractivity contribution in [2.24, 2.45) is 0 Å². The summed E-state index contributed by atoms with van der Waals surface area (Å²) in [5, 5.41) is 0. The number of rotatable bonds is 0. The first-order valence-electron chi connectivity index (χ1n) is 0.894. The van der Waals surface area contributed by atoms with Crippen LogP contribution in [0.4, 0.5) is 0 Å². The van der Waals surface area contributed by atoms with Crippen molar-refractivity contribution >= 4 is 33.7 Å². The molecule has 0 heterocycles. The van der Waals surface area contributed by atoms with Crippen molar-refractivity contribution in [1.82, 2.24) is 0 Å². The van der Waals surface area contributed by atoms with Crippen LogP contribution in [0.5, 0.6) is 0 Å². The van der Waals surface area contributed by atoms with Gasteiger partial charge < -0.3 is 0 Å². The normalized spacial score (nSPS) is 4.50. The maximum atomic E-state index is 2.22. The van der Waals surface area contributed by atoms with Crippen LogP contribution in [-0.4, -0.2) is 33.7 Å². The molecule has 0 atom stereocenters. The van der Waals surface area contributed by atoms with Crippen molar-refractivity contribution in [2.75, 3.05) is 0 Å². The van der Waals surface area contributed by atoms with Gasteiger partial charge in [0, 0.05) is 18.0 Å². The van der Waals surface area contributed by atoms with Crippen molar-refractivity contribution in [2.45, 2.75) is 11.4 Å². The minimum atomic E-state index is 0. The fraction of sp³-hybridized carbons (Fsp3) is 1.00. The predicted molar refractivity (Wildman–Crippen MR) is 23.2 cm³/mol. The van der Waals surface area contributed by atoms with Gasteiger partial charge in [-0.1, -0.05) is 0 Å². The number of hydrogen-bond acceptors (Lipinski definition) is 0. The molecular weight excluding hydrogens is 174 g/mol. The van der Waals surface area contributed by atoms with E-state index >= 15 is 0 Å². The second-order valence-electron chi connectivity index (χ2n) is 0.447. The van der Waals surface area contributed by atoms with Crippen LogP contribution in [0, 0.1) is 0 Å². The van der Waals surface area contributed by atoms with Crippen molar-refractivity contribution < 1.29 is 0 Å². The van der Waals surface area contributed by atoms with Gasteiger partial charge in [0.25, 0.3) is 0 Å². The quantitative estimate of drug-likeness (QED) is 0.473. The van der Waals surface area contributed by atoms with Crippen molar-refractivity contribution in [3.05, 3.63) is 0 Å². The van der Waals surface area contributed by atoms with E-state index in [1.54, 1.807) is 0 Å². The fourth-order valence-electron chi connectivity index (χ4n) is 0. The molecule has 4 heavy (non-hydrogen) atoms. The monoisotopic (exact) mass is 180 g/mol. The first-order valence-corrected chi connectivity index (χ1v) is 4.65. The van der Waals surface area contributed by atoms with Gasteiger partial charge in [0.05, 0.1) is 0 Å². The molecule has 0 rings (SSSR count). The van der Waals surface area contributed by atoms with E-state index in [0.29, 0.717) is 15.8 Å². The largest absolute Gasteiger partial charge is 0 e. The predicted octanol–water partition coefficient (Wildman–Crippen LogP) is 0.406. The summed E-state index contributed by atoms with van der Waals surface area (Å²) < 4.78 is 0. The summed E-state index contributed by atoms with van der Waals surface area (Å²) in [4.78, 5) is 0. The van der Waals surface area contributed by atoms with Crippen LogP contribution >= 0.6 is 0 Å². The zero-order valence-corrected chi connectivity index (χ0v) is 6.65. The molecule has 0 N–H and O–H groups in total. The van der Waals surface area contributed by atoms with Crippen LogP contribution in [0.15, 0.2) is 0 Å². The Morgan fingerprint density at radius 2 is 1.25 bits per heavy atom. The van der Waals surface area contributed by atoms with Crippen LogP contribution in [0.1, 0.15) is 0 Å². The molecule has 0 aromatic heterocycles. The fourth-order valence-corrected chi connectivity index (χ4v) is 0. The molecule has 0 aromatic carbocycles. The Morgan fingerprint density at radius 3 is 1.25 bits per heavy atom. The Bertz CT molecular complexity index is 4.00. The van der Waals surface area contributed by atoms with Crippen molar-refractivity contribution in [3.63, 3.8) is 0 Å². The van der Waals surface area contributed by atoms with Crippen LogP contribution in [0.2, 0.25) is 11.4 Å². The van der Waals surface area contributed by atoms with Crippen LogP contribution in [0.25, 0.3) is 0 Å². The molecule has 0 nitrogen and oxygen atoms in total. The second-order valence-corrected chi connectivity index (χ2v) is 2.32. The minimum Gasteiger partial charge on any atom is 0 e. The van der Waals surface area contributed by atoms with Gasteiger partial charge in [-0.2, -0.15) is 0 Å². The maximum Gasteiger partial charge on any atom is 0 e. The van der Waals surface area contributed by atoms with Crippen LogP contribution in [0.3, 0.4) is 0 Å². The van der Waals surface area contributed by atoms with E-state index in [9.17, 15) is 0 Å². The molecule has 0 aromatic rings. The van der Waals surface area contributed by atoms with Crippen molar-refractivity contribution in [1.29, 1.82) is 0 Å². The molecule has 0 bridgehead atoms. The van der Waals surface area contributed by atoms with Crippen LogP contribution in [-0.2, 0) is 0 Å². The van der Waals surface area contributed by atoms with Gasteiger partial charge in [0.1, 0.15) is 0 Å². The smallest absolute Gasteiger partial charge is 0 e. The second kappa shape index (κ2) is 8.93. The topological polar surface area (TPSA) is 0 Å². The third-order valence-corrected chi connectivity index (χ3v) is 0. The Hall–Kier alpha value is 1.12. The van der Waals surface area contributed by atoms with E-state index in [4.69, 9.17) is 0 Å². The zero-order chi connectivity index (χ0) is 2.71. The third kappa shape index (κ3) is 11.2. The van der Waals surface area contributed by atoms with Gasteiger partial charge in [-0.15, -0.1) is 0 Å². The van der Waals surface area contributed by atoms with Gasteiger partial charge in [0.2, 0.25) is 0 Å². The molecule has 0 aliphatic heterocycles. The van der Waals surface area contributed by atoms with E-state index in [1.165, 1.54) is 0 Å². The maximum absolute atomic E-state index is 2.22. The third-order valence-electron chi connectivity index (χ3n) is 0. The van der Waals surface area contributed by atoms with Gasteiger partial charge in [0.15, 0.2) is 0 Å². The molecule has 0 fully saturated rings.